The second kappa shape index (κ2) is 17.6. The lowest BCUT2D eigenvalue weighted by Gasteiger charge is -2.27. The molecule has 13 nitrogen and oxygen atoms in total. The highest BCUT2D eigenvalue weighted by Crippen LogP contribution is 2.49. The molecule has 0 radical (unpaired) electrons. The highest BCUT2D eigenvalue weighted by molar-refractivity contribution is 8.03. The summed E-state index contributed by atoms with van der Waals surface area (Å²) >= 11 is 1.48. The van der Waals surface area contributed by atoms with Gasteiger partial charge in [-0.2, -0.15) is 29.8 Å². The number of allylic oxidation sites excluding steroid dienone is 7. The van der Waals surface area contributed by atoms with Crippen molar-refractivity contribution in [2.75, 3.05) is 29.5 Å². The predicted octanol–water partition coefficient (Wildman–Crippen LogP) is 7.83. The zero-order chi connectivity index (χ0) is 42.8. The normalized spacial score (nSPS) is 19.3. The molecule has 3 N–H and O–H groups in total. The Labute approximate surface area is 352 Å². The molecule has 3 aromatic rings. The average molecular weight is 884 g/mol. The second-order valence-electron chi connectivity index (χ2n) is 16.0. The summed E-state index contributed by atoms with van der Waals surface area (Å²) in [6.07, 6.45) is 15.8. The topological polar surface area (TPSA) is 195 Å². The lowest BCUT2D eigenvalue weighted by Crippen LogP contribution is -2.28. The molecule has 0 atom stereocenters. The van der Waals surface area contributed by atoms with Crippen molar-refractivity contribution in [1.29, 1.82) is 0 Å². The number of thioether (sulfide) groups is 1. The van der Waals surface area contributed by atoms with Crippen LogP contribution in [0, 0.1) is 0 Å². The SMILES string of the molecule is CC1(C)C(/C=C/C2=C(Sc3ncccn3)C(=C/C=C3\N(CCCCS(=O)(=O)O)c4ccc(S(=O)(=O)O)cc4C3(C)C)/CCC2)=[N+](CCCCS(=O)(=O)O)c2ccccc21. The van der Waals surface area contributed by atoms with E-state index in [4.69, 9.17) is 0 Å². The van der Waals surface area contributed by atoms with E-state index in [1.54, 1.807) is 24.5 Å². The van der Waals surface area contributed by atoms with Crippen molar-refractivity contribution in [3.63, 3.8) is 0 Å². The number of nitrogens with zero attached hydrogens (tertiary/aromatic N) is 4. The van der Waals surface area contributed by atoms with Gasteiger partial charge < -0.3 is 4.90 Å². The molecule has 0 bridgehead atoms. The third kappa shape index (κ3) is 10.5. The van der Waals surface area contributed by atoms with E-state index in [-0.39, 0.29) is 28.2 Å². The van der Waals surface area contributed by atoms with Gasteiger partial charge in [0, 0.05) is 64.8 Å². The lowest BCUT2D eigenvalue weighted by atomic mass is 9.81. The van der Waals surface area contributed by atoms with Crippen LogP contribution in [0.25, 0.3) is 0 Å². The molecule has 0 spiro atoms. The van der Waals surface area contributed by atoms with E-state index in [0.29, 0.717) is 43.1 Å². The van der Waals surface area contributed by atoms with Crippen LogP contribution < -0.4 is 4.90 Å². The van der Waals surface area contributed by atoms with Crippen LogP contribution in [0.15, 0.2) is 117 Å². The number of benzene rings is 2. The van der Waals surface area contributed by atoms with E-state index in [1.165, 1.54) is 23.9 Å². The van der Waals surface area contributed by atoms with Gasteiger partial charge >= 0.3 is 0 Å². The first kappa shape index (κ1) is 44.6. The van der Waals surface area contributed by atoms with Crippen molar-refractivity contribution in [2.24, 2.45) is 0 Å². The first-order valence-corrected chi connectivity index (χ1v) is 25.0. The Balaban J connectivity index is 1.42. The highest BCUT2D eigenvalue weighted by Gasteiger charge is 2.44. The number of para-hydroxylation sites is 1. The zero-order valence-corrected chi connectivity index (χ0v) is 36.8. The van der Waals surface area contributed by atoms with Gasteiger partial charge in [-0.1, -0.05) is 44.2 Å². The third-order valence-corrected chi connectivity index (χ3v) is 14.7. The highest BCUT2D eigenvalue weighted by atomic mass is 32.2. The third-order valence-electron chi connectivity index (χ3n) is 11.1. The molecule has 0 saturated carbocycles. The van der Waals surface area contributed by atoms with Crippen LogP contribution in [0.5, 0.6) is 0 Å². The molecule has 1 aromatic heterocycles. The first-order chi connectivity index (χ1) is 27.7. The summed E-state index contributed by atoms with van der Waals surface area (Å²) in [4.78, 5) is 11.9. The Kier molecular flexibility index (Phi) is 13.3. The minimum Gasteiger partial charge on any atom is -0.344 e. The maximum atomic E-state index is 12.2. The van der Waals surface area contributed by atoms with Crippen LogP contribution in [-0.4, -0.2) is 83.8 Å². The molecule has 0 fully saturated rings. The number of hydrogen-bond donors (Lipinski definition) is 3. The van der Waals surface area contributed by atoms with Crippen LogP contribution in [0.4, 0.5) is 11.4 Å². The van der Waals surface area contributed by atoms with Gasteiger partial charge in [-0.05, 0) is 111 Å². The molecule has 59 heavy (non-hydrogen) atoms. The van der Waals surface area contributed by atoms with E-state index in [1.807, 2.05) is 37.0 Å². The fourth-order valence-corrected chi connectivity index (χ4v) is 10.8. The molecule has 2 aromatic carbocycles. The summed E-state index contributed by atoms with van der Waals surface area (Å²) in [7, 11) is -12.7. The minimum absolute atomic E-state index is 0.216. The fraction of sp³-hybridized carbons (Fsp3) is 0.405. The van der Waals surface area contributed by atoms with Crippen molar-refractivity contribution in [3.05, 3.63) is 118 Å². The van der Waals surface area contributed by atoms with Gasteiger partial charge in [0.25, 0.3) is 30.4 Å². The van der Waals surface area contributed by atoms with Crippen LogP contribution in [-0.2, 0) is 41.2 Å². The summed E-state index contributed by atoms with van der Waals surface area (Å²) in [5.41, 5.74) is 6.67. The van der Waals surface area contributed by atoms with Gasteiger partial charge in [-0.25, -0.2) is 9.97 Å². The van der Waals surface area contributed by atoms with Gasteiger partial charge in [0.1, 0.15) is 6.54 Å². The average Bonchev–Trinajstić information content (AvgIpc) is 3.51. The second-order valence-corrected chi connectivity index (χ2v) is 21.6. The van der Waals surface area contributed by atoms with Crippen LogP contribution in [0.3, 0.4) is 0 Å². The quantitative estimate of drug-likeness (QED) is 0.0546. The standard InChI is InChI=1S/C42H50N4O9S4/c1-41(2)33-15-5-6-16-35(33)45(25-7-9-27-57(47,48)49)37(41)21-17-30-13-11-14-31(39(30)56-40-43-23-12-24-44-40)18-22-38-42(3,4)34-29-32(59(53,54)55)19-20-36(34)46(38)26-8-10-28-58(50,51)52/h5-6,12,15-24,29H,7-11,13-14,25-28H2,1-4H3,(H2-,47,48,49,50,51,52,53,54,55)/p+1. The number of hydrogen-bond acceptors (Lipinski definition) is 10. The molecule has 2 aliphatic heterocycles. The minimum atomic E-state index is -4.48. The summed E-state index contributed by atoms with van der Waals surface area (Å²) in [6, 6.07) is 14.5. The molecular weight excluding hydrogens is 833 g/mol. The lowest BCUT2D eigenvalue weighted by molar-refractivity contribution is -0.438. The van der Waals surface area contributed by atoms with Crippen molar-refractivity contribution < 1.29 is 43.5 Å². The largest absolute Gasteiger partial charge is 0.344 e. The van der Waals surface area contributed by atoms with Gasteiger partial charge in [-0.15, -0.1) is 0 Å². The number of anilines is 1. The molecule has 0 unspecified atom stereocenters. The van der Waals surface area contributed by atoms with Gasteiger partial charge in [0.05, 0.1) is 21.8 Å². The molecule has 6 rings (SSSR count). The molecule has 1 aliphatic carbocycles. The summed E-state index contributed by atoms with van der Waals surface area (Å²) in [6.45, 7) is 9.29. The number of fused-ring (bicyclic) bond motifs is 2. The molecule has 17 heteroatoms. The van der Waals surface area contributed by atoms with Crippen molar-refractivity contribution in [1.82, 2.24) is 9.97 Å². The van der Waals surface area contributed by atoms with Gasteiger partial charge in [0.15, 0.2) is 10.9 Å². The fourth-order valence-electron chi connectivity index (χ4n) is 8.19. The van der Waals surface area contributed by atoms with E-state index in [9.17, 15) is 38.9 Å². The first-order valence-electron chi connectivity index (χ1n) is 19.5. The van der Waals surface area contributed by atoms with Crippen LogP contribution >= 0.6 is 11.8 Å². The van der Waals surface area contributed by atoms with Crippen molar-refractivity contribution in [2.45, 2.75) is 93.5 Å². The monoisotopic (exact) mass is 883 g/mol. The van der Waals surface area contributed by atoms with E-state index in [2.05, 4.69) is 58.8 Å². The Hall–Kier alpha value is -3.97. The zero-order valence-electron chi connectivity index (χ0n) is 33.6. The Morgan fingerprint density at radius 1 is 0.780 bits per heavy atom. The van der Waals surface area contributed by atoms with E-state index < -0.39 is 35.8 Å². The maximum absolute atomic E-state index is 12.2. The Morgan fingerprint density at radius 2 is 1.46 bits per heavy atom. The van der Waals surface area contributed by atoms with E-state index in [0.717, 1.165) is 63.7 Å². The summed E-state index contributed by atoms with van der Waals surface area (Å²) in [5.74, 6) is -0.669. The van der Waals surface area contributed by atoms with Gasteiger partial charge in [0.2, 0.25) is 5.69 Å². The van der Waals surface area contributed by atoms with Crippen LogP contribution in [0.1, 0.15) is 83.8 Å². The number of aromatic nitrogens is 2. The molecule has 316 valence electrons. The molecule has 3 heterocycles. The van der Waals surface area contributed by atoms with Gasteiger partial charge in [-0.3, -0.25) is 13.7 Å². The smallest absolute Gasteiger partial charge is 0.294 e. The summed E-state index contributed by atoms with van der Waals surface area (Å²) in [5, 5.41) is 0.586. The molecule has 0 amide bonds. The van der Waals surface area contributed by atoms with Crippen molar-refractivity contribution >= 4 is 59.2 Å². The number of unbranched alkanes of at least 4 members (excludes halogenated alkanes) is 2. The van der Waals surface area contributed by atoms with Crippen molar-refractivity contribution in [3.8, 4) is 0 Å². The Bertz CT molecular complexity index is 2600. The summed E-state index contributed by atoms with van der Waals surface area (Å²) < 4.78 is 101. The molecule has 0 saturated heterocycles. The molecular formula is C42H51N4O9S4+. The van der Waals surface area contributed by atoms with E-state index >= 15 is 0 Å². The number of rotatable bonds is 16. The van der Waals surface area contributed by atoms with Crippen LogP contribution in [0.2, 0.25) is 0 Å². The predicted molar refractivity (Wildman–Crippen MR) is 231 cm³/mol. The molecule has 3 aliphatic rings. The maximum Gasteiger partial charge on any atom is 0.294 e. The Morgan fingerprint density at radius 3 is 2.14 bits per heavy atom.